The summed E-state index contributed by atoms with van der Waals surface area (Å²) in [7, 11) is 0. The van der Waals surface area contributed by atoms with Crippen LogP contribution in [0.25, 0.3) is 0 Å². The maximum absolute atomic E-state index is 5.58. The van der Waals surface area contributed by atoms with Gasteiger partial charge in [-0.05, 0) is 24.5 Å². The molecule has 2 aromatic rings. The molecule has 0 aliphatic heterocycles. The van der Waals surface area contributed by atoms with Gasteiger partial charge >= 0.3 is 0 Å². The largest absolute Gasteiger partial charge is 0.339 e. The van der Waals surface area contributed by atoms with Crippen molar-refractivity contribution in [2.45, 2.75) is 32.6 Å². The molecule has 96 valence electrons. The molecule has 1 aromatic carbocycles. The molecule has 0 spiro atoms. The van der Waals surface area contributed by atoms with E-state index in [0.29, 0.717) is 18.3 Å². The van der Waals surface area contributed by atoms with Crippen molar-refractivity contribution in [1.29, 1.82) is 0 Å². The SMILES string of the molecule is Cc1ccccc1CCc1nc(C(C)CN)no1. The summed E-state index contributed by atoms with van der Waals surface area (Å²) >= 11 is 0. The lowest BCUT2D eigenvalue weighted by Gasteiger charge is -2.02. The minimum absolute atomic E-state index is 0.154. The summed E-state index contributed by atoms with van der Waals surface area (Å²) in [5.41, 5.74) is 8.20. The van der Waals surface area contributed by atoms with E-state index in [4.69, 9.17) is 10.3 Å². The highest BCUT2D eigenvalue weighted by Crippen LogP contribution is 2.13. The maximum atomic E-state index is 5.58. The number of hydrogen-bond acceptors (Lipinski definition) is 4. The van der Waals surface area contributed by atoms with Crippen molar-refractivity contribution >= 4 is 0 Å². The predicted molar refractivity (Wildman–Crippen MR) is 70.4 cm³/mol. The van der Waals surface area contributed by atoms with E-state index in [0.717, 1.165) is 12.8 Å². The Hall–Kier alpha value is -1.68. The van der Waals surface area contributed by atoms with Crippen LogP contribution in [0.15, 0.2) is 28.8 Å². The second-order valence-corrected chi connectivity index (χ2v) is 4.61. The van der Waals surface area contributed by atoms with Crippen molar-refractivity contribution in [3.63, 3.8) is 0 Å². The van der Waals surface area contributed by atoms with Gasteiger partial charge in [0.15, 0.2) is 5.82 Å². The molecule has 0 bridgehead atoms. The zero-order valence-electron chi connectivity index (χ0n) is 10.9. The number of nitrogens with zero attached hydrogens (tertiary/aromatic N) is 2. The molecule has 1 heterocycles. The van der Waals surface area contributed by atoms with Gasteiger partial charge in [-0.2, -0.15) is 4.98 Å². The first-order chi connectivity index (χ1) is 8.70. The molecule has 2 rings (SSSR count). The normalized spacial score (nSPS) is 12.6. The van der Waals surface area contributed by atoms with Crippen LogP contribution < -0.4 is 5.73 Å². The second-order valence-electron chi connectivity index (χ2n) is 4.61. The Morgan fingerprint density at radius 2 is 2.06 bits per heavy atom. The summed E-state index contributed by atoms with van der Waals surface area (Å²) in [5, 5.41) is 3.96. The molecule has 1 atom stereocenters. The van der Waals surface area contributed by atoms with Gasteiger partial charge in [-0.25, -0.2) is 0 Å². The molecule has 0 aliphatic rings. The van der Waals surface area contributed by atoms with Gasteiger partial charge in [0, 0.05) is 18.9 Å². The summed E-state index contributed by atoms with van der Waals surface area (Å²) in [6.07, 6.45) is 1.69. The lowest BCUT2D eigenvalue weighted by atomic mass is 10.0. The molecule has 1 aromatic heterocycles. The second kappa shape index (κ2) is 5.78. The van der Waals surface area contributed by atoms with Crippen molar-refractivity contribution < 1.29 is 4.52 Å². The Labute approximate surface area is 107 Å². The fourth-order valence-electron chi connectivity index (χ4n) is 1.81. The van der Waals surface area contributed by atoms with Gasteiger partial charge in [0.05, 0.1) is 0 Å². The van der Waals surface area contributed by atoms with E-state index in [1.165, 1.54) is 11.1 Å². The van der Waals surface area contributed by atoms with E-state index in [2.05, 4.69) is 35.3 Å². The summed E-state index contributed by atoms with van der Waals surface area (Å²) in [6, 6.07) is 8.35. The van der Waals surface area contributed by atoms with Crippen LogP contribution in [0.2, 0.25) is 0 Å². The third-order valence-corrected chi connectivity index (χ3v) is 3.15. The highest BCUT2D eigenvalue weighted by molar-refractivity contribution is 5.25. The third-order valence-electron chi connectivity index (χ3n) is 3.15. The summed E-state index contributed by atoms with van der Waals surface area (Å²) in [5.74, 6) is 1.55. The monoisotopic (exact) mass is 245 g/mol. The molecule has 0 radical (unpaired) electrons. The van der Waals surface area contributed by atoms with E-state index in [-0.39, 0.29) is 5.92 Å². The van der Waals surface area contributed by atoms with Crippen molar-refractivity contribution in [1.82, 2.24) is 10.1 Å². The summed E-state index contributed by atoms with van der Waals surface area (Å²) in [6.45, 7) is 4.65. The van der Waals surface area contributed by atoms with E-state index in [1.807, 2.05) is 13.0 Å². The molecule has 4 nitrogen and oxygen atoms in total. The smallest absolute Gasteiger partial charge is 0.226 e. The van der Waals surface area contributed by atoms with Crippen LogP contribution in [0.1, 0.15) is 35.7 Å². The van der Waals surface area contributed by atoms with Crippen molar-refractivity contribution in [2.24, 2.45) is 5.73 Å². The van der Waals surface area contributed by atoms with Gasteiger partial charge in [-0.1, -0.05) is 36.3 Å². The molecule has 0 amide bonds. The molecule has 1 unspecified atom stereocenters. The Kier molecular flexibility index (Phi) is 4.10. The van der Waals surface area contributed by atoms with Crippen LogP contribution in [0.4, 0.5) is 0 Å². The quantitative estimate of drug-likeness (QED) is 0.877. The molecular formula is C14H19N3O. The van der Waals surface area contributed by atoms with E-state index >= 15 is 0 Å². The molecule has 0 fully saturated rings. The number of benzene rings is 1. The number of aromatic nitrogens is 2. The van der Waals surface area contributed by atoms with E-state index in [9.17, 15) is 0 Å². The minimum atomic E-state index is 0.154. The van der Waals surface area contributed by atoms with Crippen molar-refractivity contribution in [3.8, 4) is 0 Å². The summed E-state index contributed by atoms with van der Waals surface area (Å²) in [4.78, 5) is 4.37. The Morgan fingerprint density at radius 3 is 2.78 bits per heavy atom. The standard InChI is InChI=1S/C14H19N3O/c1-10-5-3-4-6-12(10)7-8-13-16-14(17-18-13)11(2)9-15/h3-6,11H,7-9,15H2,1-2H3. The zero-order valence-corrected chi connectivity index (χ0v) is 10.9. The Balaban J connectivity index is 1.98. The maximum Gasteiger partial charge on any atom is 0.226 e. The summed E-state index contributed by atoms with van der Waals surface area (Å²) < 4.78 is 5.23. The number of aryl methyl sites for hydroxylation is 3. The average molecular weight is 245 g/mol. The fourth-order valence-corrected chi connectivity index (χ4v) is 1.81. The third kappa shape index (κ3) is 2.96. The number of rotatable bonds is 5. The van der Waals surface area contributed by atoms with Gasteiger partial charge in [0.1, 0.15) is 0 Å². The lowest BCUT2D eigenvalue weighted by molar-refractivity contribution is 0.370. The Bertz CT molecular complexity index is 507. The van der Waals surface area contributed by atoms with Crippen LogP contribution in [0, 0.1) is 6.92 Å². The molecule has 0 saturated carbocycles. The van der Waals surface area contributed by atoms with Crippen LogP contribution in [-0.2, 0) is 12.8 Å². The van der Waals surface area contributed by atoms with Crippen LogP contribution in [-0.4, -0.2) is 16.7 Å². The Morgan fingerprint density at radius 1 is 1.28 bits per heavy atom. The van der Waals surface area contributed by atoms with Gasteiger partial charge in [-0.15, -0.1) is 0 Å². The zero-order chi connectivity index (χ0) is 13.0. The molecule has 18 heavy (non-hydrogen) atoms. The first-order valence-electron chi connectivity index (χ1n) is 6.27. The predicted octanol–water partition coefficient (Wildman–Crippen LogP) is 2.23. The van der Waals surface area contributed by atoms with E-state index < -0.39 is 0 Å². The highest BCUT2D eigenvalue weighted by Gasteiger charge is 2.12. The molecule has 4 heteroatoms. The average Bonchev–Trinajstić information content (AvgIpc) is 2.86. The van der Waals surface area contributed by atoms with Crippen LogP contribution in [0.5, 0.6) is 0 Å². The fraction of sp³-hybridized carbons (Fsp3) is 0.429. The molecular weight excluding hydrogens is 226 g/mol. The first kappa shape index (κ1) is 12.8. The van der Waals surface area contributed by atoms with Crippen molar-refractivity contribution in [3.05, 3.63) is 47.1 Å². The van der Waals surface area contributed by atoms with Crippen LogP contribution >= 0.6 is 0 Å². The van der Waals surface area contributed by atoms with Gasteiger partial charge in [0.25, 0.3) is 0 Å². The number of nitrogens with two attached hydrogens (primary N) is 1. The first-order valence-corrected chi connectivity index (χ1v) is 6.27. The van der Waals surface area contributed by atoms with Gasteiger partial charge in [-0.3, -0.25) is 0 Å². The molecule has 0 aliphatic carbocycles. The van der Waals surface area contributed by atoms with Crippen molar-refractivity contribution in [2.75, 3.05) is 6.54 Å². The van der Waals surface area contributed by atoms with Gasteiger partial charge < -0.3 is 10.3 Å². The minimum Gasteiger partial charge on any atom is -0.339 e. The molecule has 2 N–H and O–H groups in total. The number of hydrogen-bond donors (Lipinski definition) is 1. The van der Waals surface area contributed by atoms with E-state index in [1.54, 1.807) is 0 Å². The molecule has 0 saturated heterocycles. The van der Waals surface area contributed by atoms with Crippen LogP contribution in [0.3, 0.4) is 0 Å². The highest BCUT2D eigenvalue weighted by atomic mass is 16.5. The topological polar surface area (TPSA) is 64.9 Å². The van der Waals surface area contributed by atoms with Gasteiger partial charge in [0.2, 0.25) is 5.89 Å². The lowest BCUT2D eigenvalue weighted by Crippen LogP contribution is -2.10.